The summed E-state index contributed by atoms with van der Waals surface area (Å²) in [6, 6.07) is 1.39. The Morgan fingerprint density at radius 3 is 2.54 bits per heavy atom. The van der Waals surface area contributed by atoms with E-state index in [-0.39, 0.29) is 29.7 Å². The number of pyridine rings is 1. The molecule has 3 N–H and O–H groups in total. The SMILES string of the molecule is CCCn1c(=O)[nH]c(=O)c2cc(C(=O)NCCNC(=O)OC(C)(C)C)cnc21. The molecule has 0 saturated carbocycles. The van der Waals surface area contributed by atoms with E-state index in [1.807, 2.05) is 6.92 Å². The van der Waals surface area contributed by atoms with E-state index in [2.05, 4.69) is 20.6 Å². The first-order chi connectivity index (χ1) is 13.1. The van der Waals surface area contributed by atoms with Crippen molar-refractivity contribution in [2.75, 3.05) is 13.1 Å². The van der Waals surface area contributed by atoms with Crippen LogP contribution in [0.3, 0.4) is 0 Å². The van der Waals surface area contributed by atoms with Crippen LogP contribution in [0.2, 0.25) is 0 Å². The van der Waals surface area contributed by atoms with Crippen LogP contribution in [0, 0.1) is 0 Å². The van der Waals surface area contributed by atoms with Crippen LogP contribution < -0.4 is 21.9 Å². The van der Waals surface area contributed by atoms with Crippen molar-refractivity contribution >= 4 is 23.0 Å². The first kappa shape index (κ1) is 21.1. The molecule has 28 heavy (non-hydrogen) atoms. The molecule has 2 heterocycles. The molecule has 2 amide bonds. The molecule has 0 radical (unpaired) electrons. The first-order valence-electron chi connectivity index (χ1n) is 9.00. The molecule has 0 aromatic carbocycles. The molecule has 0 aliphatic heterocycles. The van der Waals surface area contributed by atoms with E-state index in [0.717, 1.165) is 0 Å². The van der Waals surface area contributed by atoms with Crippen LogP contribution in [0.4, 0.5) is 4.79 Å². The lowest BCUT2D eigenvalue weighted by Gasteiger charge is -2.19. The van der Waals surface area contributed by atoms with E-state index < -0.39 is 28.9 Å². The number of aromatic nitrogens is 3. The second-order valence-electron chi connectivity index (χ2n) is 7.19. The number of H-pyrrole nitrogens is 1. The van der Waals surface area contributed by atoms with Crippen LogP contribution in [0.1, 0.15) is 44.5 Å². The first-order valence-corrected chi connectivity index (χ1v) is 9.00. The van der Waals surface area contributed by atoms with E-state index in [4.69, 9.17) is 4.74 Å². The molecule has 0 aliphatic rings. The lowest BCUT2D eigenvalue weighted by Crippen LogP contribution is -2.38. The van der Waals surface area contributed by atoms with Gasteiger partial charge in [-0.05, 0) is 33.3 Å². The Kier molecular flexibility index (Phi) is 6.55. The minimum absolute atomic E-state index is 0.160. The van der Waals surface area contributed by atoms with Gasteiger partial charge in [0.05, 0.1) is 10.9 Å². The number of carbonyl (C=O) groups excluding carboxylic acids is 2. The number of carbonyl (C=O) groups is 2. The van der Waals surface area contributed by atoms with Gasteiger partial charge >= 0.3 is 11.8 Å². The molecule has 2 aromatic rings. The summed E-state index contributed by atoms with van der Waals surface area (Å²) in [5.41, 5.74) is -1.32. The smallest absolute Gasteiger partial charge is 0.407 e. The van der Waals surface area contributed by atoms with Crippen LogP contribution in [-0.2, 0) is 11.3 Å². The summed E-state index contributed by atoms with van der Waals surface area (Å²) in [4.78, 5) is 54.2. The summed E-state index contributed by atoms with van der Waals surface area (Å²) < 4.78 is 6.46. The molecular weight excluding hydrogens is 366 g/mol. The maximum atomic E-state index is 12.3. The van der Waals surface area contributed by atoms with Gasteiger partial charge in [0.1, 0.15) is 11.2 Å². The van der Waals surface area contributed by atoms with Crippen molar-refractivity contribution in [2.45, 2.75) is 46.3 Å². The van der Waals surface area contributed by atoms with Gasteiger partial charge in [0.15, 0.2) is 0 Å². The molecule has 0 unspecified atom stereocenters. The third-order valence-electron chi connectivity index (χ3n) is 3.62. The quantitative estimate of drug-likeness (QED) is 0.622. The van der Waals surface area contributed by atoms with Crippen LogP contribution in [0.15, 0.2) is 21.9 Å². The summed E-state index contributed by atoms with van der Waals surface area (Å²) in [5.74, 6) is -0.451. The molecule has 2 aromatic heterocycles. The van der Waals surface area contributed by atoms with Crippen LogP contribution in [-0.4, -0.2) is 45.2 Å². The summed E-state index contributed by atoms with van der Waals surface area (Å²) >= 11 is 0. The highest BCUT2D eigenvalue weighted by Gasteiger charge is 2.16. The number of hydrogen-bond acceptors (Lipinski definition) is 6. The topological polar surface area (TPSA) is 135 Å². The molecule has 10 heteroatoms. The van der Waals surface area contributed by atoms with E-state index in [1.165, 1.54) is 16.8 Å². The van der Waals surface area contributed by atoms with E-state index in [1.54, 1.807) is 20.8 Å². The summed E-state index contributed by atoms with van der Waals surface area (Å²) in [6.45, 7) is 7.91. The Hall–Kier alpha value is -3.17. The van der Waals surface area contributed by atoms with Gasteiger partial charge in [-0.25, -0.2) is 14.6 Å². The normalized spacial score (nSPS) is 11.3. The Morgan fingerprint density at radius 2 is 1.89 bits per heavy atom. The summed E-state index contributed by atoms with van der Waals surface area (Å²) in [6.07, 6.45) is 1.43. The van der Waals surface area contributed by atoms with Gasteiger partial charge in [-0.2, -0.15) is 0 Å². The Morgan fingerprint density at radius 1 is 1.21 bits per heavy atom. The third-order valence-corrected chi connectivity index (χ3v) is 3.62. The van der Waals surface area contributed by atoms with Crippen molar-refractivity contribution in [2.24, 2.45) is 0 Å². The highest BCUT2D eigenvalue weighted by Crippen LogP contribution is 2.08. The van der Waals surface area contributed by atoms with E-state index in [9.17, 15) is 19.2 Å². The zero-order valence-corrected chi connectivity index (χ0v) is 16.4. The molecule has 0 fully saturated rings. The van der Waals surface area contributed by atoms with Gasteiger partial charge in [0.2, 0.25) is 0 Å². The minimum atomic E-state index is -0.601. The highest BCUT2D eigenvalue weighted by molar-refractivity contribution is 5.96. The van der Waals surface area contributed by atoms with Crippen molar-refractivity contribution in [3.63, 3.8) is 0 Å². The molecule has 0 aliphatic carbocycles. The van der Waals surface area contributed by atoms with Crippen LogP contribution in [0.25, 0.3) is 11.0 Å². The number of nitrogens with one attached hydrogen (secondary N) is 3. The summed E-state index contributed by atoms with van der Waals surface area (Å²) in [7, 11) is 0. The number of nitrogens with zero attached hydrogens (tertiary/aromatic N) is 2. The number of ether oxygens (including phenoxy) is 1. The van der Waals surface area contributed by atoms with Gasteiger partial charge in [-0.15, -0.1) is 0 Å². The fourth-order valence-electron chi connectivity index (χ4n) is 2.48. The molecule has 152 valence electrons. The second-order valence-corrected chi connectivity index (χ2v) is 7.19. The van der Waals surface area contributed by atoms with E-state index in [0.29, 0.717) is 13.0 Å². The molecule has 2 rings (SSSR count). The number of fused-ring (bicyclic) bond motifs is 1. The number of amides is 2. The minimum Gasteiger partial charge on any atom is -0.444 e. The van der Waals surface area contributed by atoms with Gasteiger partial charge in [-0.1, -0.05) is 6.92 Å². The van der Waals surface area contributed by atoms with Gasteiger partial charge in [0.25, 0.3) is 11.5 Å². The molecule has 0 bridgehead atoms. The Bertz CT molecular complexity index is 986. The number of aryl methyl sites for hydroxylation is 1. The number of hydrogen-bond donors (Lipinski definition) is 3. The predicted molar refractivity (Wildman–Crippen MR) is 103 cm³/mol. The molecule has 0 spiro atoms. The average Bonchev–Trinajstić information content (AvgIpc) is 2.60. The zero-order valence-electron chi connectivity index (χ0n) is 16.4. The lowest BCUT2D eigenvalue weighted by molar-refractivity contribution is 0.0526. The van der Waals surface area contributed by atoms with Crippen LogP contribution in [0.5, 0.6) is 0 Å². The van der Waals surface area contributed by atoms with Crippen molar-refractivity contribution in [3.05, 3.63) is 38.7 Å². The number of rotatable bonds is 6. The van der Waals surface area contributed by atoms with Gasteiger partial charge in [-0.3, -0.25) is 19.1 Å². The van der Waals surface area contributed by atoms with Crippen LogP contribution >= 0.6 is 0 Å². The lowest BCUT2D eigenvalue weighted by atomic mass is 10.2. The van der Waals surface area contributed by atoms with E-state index >= 15 is 0 Å². The zero-order chi connectivity index (χ0) is 20.9. The molecule has 0 saturated heterocycles. The standard InChI is InChI=1S/C18H25N5O5/c1-5-8-23-13-12(15(25)22-16(23)26)9-11(10-21-13)14(24)19-6-7-20-17(27)28-18(2,3)4/h9-10H,5-8H2,1-4H3,(H,19,24)(H,20,27)(H,22,25,26). The third kappa shape index (κ3) is 5.41. The second kappa shape index (κ2) is 8.68. The Labute approximate surface area is 161 Å². The van der Waals surface area contributed by atoms with Gasteiger partial charge in [0, 0.05) is 25.8 Å². The maximum Gasteiger partial charge on any atom is 0.407 e. The fourth-order valence-corrected chi connectivity index (χ4v) is 2.48. The number of alkyl carbamates (subject to hydrolysis) is 1. The fraction of sp³-hybridized carbons (Fsp3) is 0.500. The largest absolute Gasteiger partial charge is 0.444 e. The predicted octanol–water partition coefficient (Wildman–Crippen LogP) is 0.749. The average molecular weight is 391 g/mol. The Balaban J connectivity index is 2.05. The molecule has 0 atom stereocenters. The maximum absolute atomic E-state index is 12.3. The van der Waals surface area contributed by atoms with Crippen molar-refractivity contribution < 1.29 is 14.3 Å². The molecule has 10 nitrogen and oxygen atoms in total. The van der Waals surface area contributed by atoms with Crippen molar-refractivity contribution in [3.8, 4) is 0 Å². The number of aromatic amines is 1. The monoisotopic (exact) mass is 391 g/mol. The summed E-state index contributed by atoms with van der Waals surface area (Å²) in [5, 5.41) is 5.31. The van der Waals surface area contributed by atoms with Gasteiger partial charge < -0.3 is 15.4 Å². The van der Waals surface area contributed by atoms with Crippen molar-refractivity contribution in [1.82, 2.24) is 25.2 Å². The highest BCUT2D eigenvalue weighted by atomic mass is 16.6. The van der Waals surface area contributed by atoms with Crippen molar-refractivity contribution in [1.29, 1.82) is 0 Å². The molecular formula is C18H25N5O5.